The summed E-state index contributed by atoms with van der Waals surface area (Å²) < 4.78 is 1.92. The third-order valence-electron chi connectivity index (χ3n) is 2.89. The fourth-order valence-electron chi connectivity index (χ4n) is 1.87. The molecule has 0 aliphatic rings. The summed E-state index contributed by atoms with van der Waals surface area (Å²) in [5.41, 5.74) is 7.06. The van der Waals surface area contributed by atoms with E-state index in [2.05, 4.69) is 6.58 Å². The number of anilines is 1. The summed E-state index contributed by atoms with van der Waals surface area (Å²) >= 11 is 0. The number of nitrogen functional groups attached to an aromatic ring is 1. The molecule has 0 radical (unpaired) electrons. The zero-order valence-electron chi connectivity index (χ0n) is 11.5. The number of nitrogens with two attached hydrogens (primary N) is 1. The topological polar surface area (TPSA) is 51.3 Å². The van der Waals surface area contributed by atoms with Gasteiger partial charge in [0.15, 0.2) is 0 Å². The molecule has 1 aromatic rings. The summed E-state index contributed by atoms with van der Waals surface area (Å²) in [7, 11) is 1.82. The van der Waals surface area contributed by atoms with Gasteiger partial charge in [-0.15, -0.1) is 6.58 Å². The fraction of sp³-hybridized carbons (Fsp3) is 0.500. The number of amides is 1. The molecule has 0 aliphatic carbocycles. The van der Waals surface area contributed by atoms with Crippen LogP contribution in [0.15, 0.2) is 24.9 Å². The molecule has 18 heavy (non-hydrogen) atoms. The Kier molecular flexibility index (Phi) is 5.01. The number of rotatable bonds is 6. The fourth-order valence-corrected chi connectivity index (χ4v) is 1.87. The monoisotopic (exact) mass is 249 g/mol. The molecule has 0 saturated carbocycles. The lowest BCUT2D eigenvalue weighted by atomic mass is 10.2. The standard InChI is InChI=1S/C14H23N3O/c1-5-6-7-8-16(4)14(18)13-9-12(15)10-17(13)11(2)3/h5,9-11H,1,6-8,15H2,2-4H3. The summed E-state index contributed by atoms with van der Waals surface area (Å²) in [4.78, 5) is 14.0. The third-order valence-corrected chi connectivity index (χ3v) is 2.89. The van der Waals surface area contributed by atoms with E-state index in [1.165, 1.54) is 0 Å². The van der Waals surface area contributed by atoms with Gasteiger partial charge in [-0.25, -0.2) is 0 Å². The van der Waals surface area contributed by atoms with Gasteiger partial charge in [0.2, 0.25) is 0 Å². The number of hydrogen-bond donors (Lipinski definition) is 1. The lowest BCUT2D eigenvalue weighted by Crippen LogP contribution is -2.29. The van der Waals surface area contributed by atoms with Crippen LogP contribution in [0.25, 0.3) is 0 Å². The van der Waals surface area contributed by atoms with Gasteiger partial charge in [0.05, 0.1) is 5.69 Å². The highest BCUT2D eigenvalue weighted by Gasteiger charge is 2.17. The van der Waals surface area contributed by atoms with Gasteiger partial charge in [-0.3, -0.25) is 4.79 Å². The molecule has 0 fully saturated rings. The summed E-state index contributed by atoms with van der Waals surface area (Å²) in [6.07, 6.45) is 5.54. The first kappa shape index (κ1) is 14.4. The molecule has 0 atom stereocenters. The van der Waals surface area contributed by atoms with Crippen molar-refractivity contribution in [2.45, 2.75) is 32.7 Å². The number of aromatic nitrogens is 1. The van der Waals surface area contributed by atoms with Crippen molar-refractivity contribution >= 4 is 11.6 Å². The second-order valence-corrected chi connectivity index (χ2v) is 4.82. The van der Waals surface area contributed by atoms with Crippen LogP contribution in [-0.2, 0) is 0 Å². The van der Waals surface area contributed by atoms with Crippen molar-refractivity contribution in [1.29, 1.82) is 0 Å². The van der Waals surface area contributed by atoms with Crippen LogP contribution in [0.1, 0.15) is 43.2 Å². The molecule has 0 bridgehead atoms. The molecule has 1 heterocycles. The minimum atomic E-state index is 0.0180. The summed E-state index contributed by atoms with van der Waals surface area (Å²) in [6.45, 7) is 8.48. The quantitative estimate of drug-likeness (QED) is 0.622. The molecule has 0 aromatic carbocycles. The lowest BCUT2D eigenvalue weighted by molar-refractivity contribution is 0.0781. The smallest absolute Gasteiger partial charge is 0.270 e. The minimum absolute atomic E-state index is 0.0180. The zero-order valence-corrected chi connectivity index (χ0v) is 11.5. The molecular weight excluding hydrogens is 226 g/mol. The normalized spacial score (nSPS) is 10.7. The van der Waals surface area contributed by atoms with Crippen LogP contribution >= 0.6 is 0 Å². The highest BCUT2D eigenvalue weighted by atomic mass is 16.2. The second-order valence-electron chi connectivity index (χ2n) is 4.82. The van der Waals surface area contributed by atoms with Crippen molar-refractivity contribution in [1.82, 2.24) is 9.47 Å². The zero-order chi connectivity index (χ0) is 13.7. The predicted octanol–water partition coefficient (Wildman–Crippen LogP) is 2.69. The van der Waals surface area contributed by atoms with Crippen molar-refractivity contribution in [2.75, 3.05) is 19.3 Å². The molecule has 100 valence electrons. The molecule has 1 aromatic heterocycles. The number of allylic oxidation sites excluding steroid dienone is 1. The number of carbonyl (C=O) groups excluding carboxylic acids is 1. The van der Waals surface area contributed by atoms with Gasteiger partial charge in [-0.05, 0) is 32.8 Å². The van der Waals surface area contributed by atoms with Crippen LogP contribution in [0.2, 0.25) is 0 Å². The van der Waals surface area contributed by atoms with Gasteiger partial charge in [-0.2, -0.15) is 0 Å². The minimum Gasteiger partial charge on any atom is -0.397 e. The molecule has 0 unspecified atom stereocenters. The Bertz CT molecular complexity index is 421. The van der Waals surface area contributed by atoms with Crippen molar-refractivity contribution in [2.24, 2.45) is 0 Å². The summed E-state index contributed by atoms with van der Waals surface area (Å²) in [5, 5.41) is 0. The maximum Gasteiger partial charge on any atom is 0.270 e. The van der Waals surface area contributed by atoms with Crippen LogP contribution in [0.5, 0.6) is 0 Å². The molecule has 0 saturated heterocycles. The number of hydrogen-bond acceptors (Lipinski definition) is 2. The van der Waals surface area contributed by atoms with E-state index in [1.54, 1.807) is 11.0 Å². The Morgan fingerprint density at radius 2 is 2.28 bits per heavy atom. The van der Waals surface area contributed by atoms with Crippen LogP contribution in [0.4, 0.5) is 5.69 Å². The molecule has 0 aliphatic heterocycles. The summed E-state index contributed by atoms with van der Waals surface area (Å²) in [5.74, 6) is 0.0180. The first-order chi connectivity index (χ1) is 8.47. The number of unbranched alkanes of at least 4 members (excludes halogenated alkanes) is 1. The SMILES string of the molecule is C=CCCCN(C)C(=O)c1cc(N)cn1C(C)C. The maximum absolute atomic E-state index is 12.3. The molecule has 0 spiro atoms. The van der Waals surface area contributed by atoms with E-state index < -0.39 is 0 Å². The molecule has 1 amide bonds. The molecule has 4 heteroatoms. The van der Waals surface area contributed by atoms with Gasteiger partial charge in [-0.1, -0.05) is 6.08 Å². The Balaban J connectivity index is 2.79. The van der Waals surface area contributed by atoms with E-state index in [4.69, 9.17) is 5.73 Å². The predicted molar refractivity (Wildman–Crippen MR) is 75.6 cm³/mol. The van der Waals surface area contributed by atoms with Crippen molar-refractivity contribution in [3.8, 4) is 0 Å². The van der Waals surface area contributed by atoms with Gasteiger partial charge >= 0.3 is 0 Å². The second kappa shape index (κ2) is 6.28. The molecule has 1 rings (SSSR count). The van der Waals surface area contributed by atoms with Gasteiger partial charge in [0, 0.05) is 25.8 Å². The molecular formula is C14H23N3O. The van der Waals surface area contributed by atoms with Crippen molar-refractivity contribution < 1.29 is 4.79 Å². The maximum atomic E-state index is 12.3. The largest absolute Gasteiger partial charge is 0.397 e. The van der Waals surface area contributed by atoms with E-state index in [0.717, 1.165) is 19.4 Å². The number of carbonyl (C=O) groups is 1. The Labute approximate surface area is 109 Å². The molecule has 2 N–H and O–H groups in total. The average molecular weight is 249 g/mol. The van der Waals surface area contributed by atoms with E-state index >= 15 is 0 Å². The first-order valence-electron chi connectivity index (χ1n) is 6.31. The highest BCUT2D eigenvalue weighted by Crippen LogP contribution is 2.18. The van der Waals surface area contributed by atoms with Crippen molar-refractivity contribution in [3.05, 3.63) is 30.6 Å². The summed E-state index contributed by atoms with van der Waals surface area (Å²) in [6, 6.07) is 1.97. The van der Waals surface area contributed by atoms with E-state index in [9.17, 15) is 4.79 Å². The van der Waals surface area contributed by atoms with E-state index in [-0.39, 0.29) is 11.9 Å². The van der Waals surface area contributed by atoms with Crippen LogP contribution in [0.3, 0.4) is 0 Å². The first-order valence-corrected chi connectivity index (χ1v) is 6.31. The van der Waals surface area contributed by atoms with Gasteiger partial charge in [0.1, 0.15) is 5.69 Å². The van der Waals surface area contributed by atoms with Crippen LogP contribution < -0.4 is 5.73 Å². The third kappa shape index (κ3) is 3.39. The van der Waals surface area contributed by atoms with Gasteiger partial charge < -0.3 is 15.2 Å². The number of nitrogens with zero attached hydrogens (tertiary/aromatic N) is 2. The highest BCUT2D eigenvalue weighted by molar-refractivity contribution is 5.93. The van der Waals surface area contributed by atoms with E-state index in [1.807, 2.05) is 37.7 Å². The molecule has 4 nitrogen and oxygen atoms in total. The van der Waals surface area contributed by atoms with Gasteiger partial charge in [0.25, 0.3) is 5.91 Å². The Morgan fingerprint density at radius 3 is 2.83 bits per heavy atom. The Morgan fingerprint density at radius 1 is 1.61 bits per heavy atom. The van der Waals surface area contributed by atoms with Crippen molar-refractivity contribution in [3.63, 3.8) is 0 Å². The average Bonchev–Trinajstić information content (AvgIpc) is 2.70. The Hall–Kier alpha value is -1.71. The van der Waals surface area contributed by atoms with Crippen LogP contribution in [0, 0.1) is 0 Å². The lowest BCUT2D eigenvalue weighted by Gasteiger charge is -2.19. The van der Waals surface area contributed by atoms with Crippen LogP contribution in [-0.4, -0.2) is 29.0 Å². The van der Waals surface area contributed by atoms with E-state index in [0.29, 0.717) is 11.4 Å².